The number of ether oxygens (including phenoxy) is 1. The zero-order valence-electron chi connectivity index (χ0n) is 22.9. The number of rotatable bonds is 13. The maximum absolute atomic E-state index is 13.7. The minimum atomic E-state index is -1.03. The summed E-state index contributed by atoms with van der Waals surface area (Å²) in [7, 11) is 0. The van der Waals surface area contributed by atoms with Crippen LogP contribution in [0.5, 0.6) is 0 Å². The Morgan fingerprint density at radius 1 is 0.825 bits per heavy atom. The van der Waals surface area contributed by atoms with E-state index in [-0.39, 0.29) is 0 Å². The summed E-state index contributed by atoms with van der Waals surface area (Å²) in [6, 6.07) is 31.1. The van der Waals surface area contributed by atoms with Gasteiger partial charge < -0.3 is 15.2 Å². The number of carbonyl (C=O) groups is 2. The monoisotopic (exact) mass is 553 g/mol. The number of carboxylic acids is 1. The summed E-state index contributed by atoms with van der Waals surface area (Å²) >= 11 is 1.56. The Hall–Kier alpha value is -3.87. The maximum atomic E-state index is 13.7. The number of hydrogen-bond donors (Lipinski definition) is 2. The molecule has 0 aliphatic rings. The Labute approximate surface area is 240 Å². The molecule has 6 heteroatoms. The van der Waals surface area contributed by atoms with E-state index in [2.05, 4.69) is 17.4 Å². The first kappa shape index (κ1) is 29.1. The van der Waals surface area contributed by atoms with Crippen molar-refractivity contribution in [2.45, 2.75) is 39.0 Å². The van der Waals surface area contributed by atoms with Gasteiger partial charge in [-0.1, -0.05) is 84.9 Å². The molecule has 1 atom stereocenters. The van der Waals surface area contributed by atoms with E-state index in [0.29, 0.717) is 37.4 Å². The highest BCUT2D eigenvalue weighted by atomic mass is 32.2. The zero-order chi connectivity index (χ0) is 28.3. The van der Waals surface area contributed by atoms with Crippen LogP contribution in [0.15, 0.2) is 97.1 Å². The molecule has 0 aliphatic heterocycles. The van der Waals surface area contributed by atoms with Crippen molar-refractivity contribution in [2.75, 3.05) is 12.0 Å². The second kappa shape index (κ2) is 14.5. The van der Waals surface area contributed by atoms with Crippen LogP contribution in [0.25, 0.3) is 11.1 Å². The van der Waals surface area contributed by atoms with Gasteiger partial charge in [-0.25, -0.2) is 4.79 Å². The normalized spacial score (nSPS) is 11.7. The van der Waals surface area contributed by atoms with Crippen molar-refractivity contribution in [3.8, 4) is 11.1 Å². The first-order valence-electron chi connectivity index (χ1n) is 13.4. The summed E-state index contributed by atoms with van der Waals surface area (Å²) in [5, 5.41) is 12.6. The van der Waals surface area contributed by atoms with Crippen molar-refractivity contribution >= 4 is 23.6 Å². The molecule has 0 fully saturated rings. The number of amides is 1. The molecule has 0 saturated heterocycles. The molecule has 0 aliphatic carbocycles. The molecular formula is C34H35NO4S. The lowest BCUT2D eigenvalue weighted by atomic mass is 9.89. The van der Waals surface area contributed by atoms with Crippen LogP contribution in [0.4, 0.5) is 0 Å². The lowest BCUT2D eigenvalue weighted by Gasteiger charge is -2.20. The second-order valence-electron chi connectivity index (χ2n) is 9.77. The third kappa shape index (κ3) is 7.84. The molecule has 2 N–H and O–H groups in total. The molecule has 1 amide bonds. The summed E-state index contributed by atoms with van der Waals surface area (Å²) in [5.74, 6) is -0.785. The predicted octanol–water partition coefficient (Wildman–Crippen LogP) is 6.91. The van der Waals surface area contributed by atoms with Crippen molar-refractivity contribution in [2.24, 2.45) is 0 Å². The van der Waals surface area contributed by atoms with Gasteiger partial charge in [-0.15, -0.1) is 0 Å². The summed E-state index contributed by atoms with van der Waals surface area (Å²) in [4.78, 5) is 25.7. The molecule has 4 aromatic rings. The highest BCUT2D eigenvalue weighted by molar-refractivity contribution is 7.98. The Morgan fingerprint density at radius 2 is 1.48 bits per heavy atom. The highest BCUT2D eigenvalue weighted by Crippen LogP contribution is 2.31. The number of aliphatic carboxylic acids is 1. The van der Waals surface area contributed by atoms with Crippen molar-refractivity contribution in [3.63, 3.8) is 0 Å². The van der Waals surface area contributed by atoms with E-state index in [9.17, 15) is 14.7 Å². The van der Waals surface area contributed by atoms with Crippen LogP contribution < -0.4 is 5.32 Å². The van der Waals surface area contributed by atoms with E-state index < -0.39 is 17.9 Å². The van der Waals surface area contributed by atoms with Gasteiger partial charge in [0.1, 0.15) is 6.04 Å². The molecule has 5 nitrogen and oxygen atoms in total. The third-order valence-electron chi connectivity index (χ3n) is 6.84. The van der Waals surface area contributed by atoms with Crippen LogP contribution in [0.1, 0.15) is 44.6 Å². The fourth-order valence-electron chi connectivity index (χ4n) is 4.67. The standard InChI is InChI=1S/C34H35NO4S/c1-24-11-9-10-16-29(24)30-21-28(23-39-22-26-14-7-4-8-15-26)27(19-25-12-5-3-6-13-25)20-31(30)33(36)35-32(34(37)38)17-18-40-2/h3-16,20-21,32H,17-19,22-23H2,1-2H3,(H,35,36)(H,37,38)/t32-/m0/s1. The number of aryl methyl sites for hydroxylation is 1. The smallest absolute Gasteiger partial charge is 0.326 e. The molecule has 0 unspecified atom stereocenters. The summed E-state index contributed by atoms with van der Waals surface area (Å²) in [6.07, 6.45) is 2.89. The minimum absolute atomic E-state index is 0.351. The SMILES string of the molecule is CSCC[C@H](NC(=O)c1cc(Cc2ccccc2)c(COCc2ccccc2)cc1-c1ccccc1C)C(=O)O. The van der Waals surface area contributed by atoms with E-state index in [4.69, 9.17) is 4.74 Å². The number of carbonyl (C=O) groups excluding carboxylic acids is 1. The average Bonchev–Trinajstić information content (AvgIpc) is 2.97. The van der Waals surface area contributed by atoms with Gasteiger partial charge in [0.2, 0.25) is 0 Å². The largest absolute Gasteiger partial charge is 0.480 e. The first-order chi connectivity index (χ1) is 19.5. The number of thioether (sulfide) groups is 1. The Balaban J connectivity index is 1.76. The van der Waals surface area contributed by atoms with E-state index in [1.807, 2.05) is 98.1 Å². The number of hydrogen-bond acceptors (Lipinski definition) is 4. The Morgan fingerprint density at radius 3 is 2.12 bits per heavy atom. The van der Waals surface area contributed by atoms with Gasteiger partial charge in [-0.2, -0.15) is 11.8 Å². The molecule has 0 spiro atoms. The highest BCUT2D eigenvalue weighted by Gasteiger charge is 2.24. The van der Waals surface area contributed by atoms with Crippen molar-refractivity contribution < 1.29 is 19.4 Å². The Bertz CT molecular complexity index is 1420. The molecular weight excluding hydrogens is 518 g/mol. The van der Waals surface area contributed by atoms with E-state index in [0.717, 1.165) is 38.9 Å². The Kier molecular flexibility index (Phi) is 10.6. The van der Waals surface area contributed by atoms with E-state index in [1.54, 1.807) is 11.8 Å². The molecule has 4 rings (SSSR count). The van der Waals surface area contributed by atoms with Gasteiger partial charge in [-0.05, 0) is 82.9 Å². The molecule has 0 saturated carbocycles. The van der Waals surface area contributed by atoms with Crippen LogP contribution >= 0.6 is 11.8 Å². The average molecular weight is 554 g/mol. The number of carboxylic acid groups (broad SMARTS) is 1. The predicted molar refractivity (Wildman–Crippen MR) is 163 cm³/mol. The summed E-state index contributed by atoms with van der Waals surface area (Å²) < 4.78 is 6.17. The lowest BCUT2D eigenvalue weighted by Crippen LogP contribution is -2.41. The summed E-state index contributed by atoms with van der Waals surface area (Å²) in [6.45, 7) is 2.87. The fraction of sp³-hybridized carbons (Fsp3) is 0.235. The van der Waals surface area contributed by atoms with Crippen molar-refractivity contribution in [1.29, 1.82) is 0 Å². The van der Waals surface area contributed by atoms with Gasteiger partial charge in [-0.3, -0.25) is 4.79 Å². The van der Waals surface area contributed by atoms with Crippen molar-refractivity contribution in [3.05, 3.63) is 130 Å². The van der Waals surface area contributed by atoms with Crippen LogP contribution in [0, 0.1) is 6.92 Å². The van der Waals surface area contributed by atoms with Crippen LogP contribution in [-0.2, 0) is 29.2 Å². The third-order valence-corrected chi connectivity index (χ3v) is 7.48. The molecule has 40 heavy (non-hydrogen) atoms. The van der Waals surface area contributed by atoms with Gasteiger partial charge in [0.05, 0.1) is 13.2 Å². The lowest BCUT2D eigenvalue weighted by molar-refractivity contribution is -0.139. The van der Waals surface area contributed by atoms with Gasteiger partial charge in [0.15, 0.2) is 0 Å². The molecule has 206 valence electrons. The molecule has 0 bridgehead atoms. The topological polar surface area (TPSA) is 75.6 Å². The molecule has 0 aromatic heterocycles. The first-order valence-corrected chi connectivity index (χ1v) is 14.8. The second-order valence-corrected chi connectivity index (χ2v) is 10.8. The van der Waals surface area contributed by atoms with Gasteiger partial charge >= 0.3 is 5.97 Å². The zero-order valence-corrected chi connectivity index (χ0v) is 23.7. The molecule has 0 heterocycles. The molecule has 4 aromatic carbocycles. The summed E-state index contributed by atoms with van der Waals surface area (Å²) in [5.41, 5.74) is 7.35. The fourth-order valence-corrected chi connectivity index (χ4v) is 5.14. The number of benzene rings is 4. The van der Waals surface area contributed by atoms with Crippen molar-refractivity contribution in [1.82, 2.24) is 5.32 Å². The quantitative estimate of drug-likeness (QED) is 0.188. The van der Waals surface area contributed by atoms with Crippen LogP contribution in [-0.4, -0.2) is 35.0 Å². The maximum Gasteiger partial charge on any atom is 0.326 e. The van der Waals surface area contributed by atoms with E-state index >= 15 is 0 Å². The minimum Gasteiger partial charge on any atom is -0.480 e. The van der Waals surface area contributed by atoms with Crippen LogP contribution in [0.2, 0.25) is 0 Å². The van der Waals surface area contributed by atoms with E-state index in [1.165, 1.54) is 0 Å². The number of nitrogens with one attached hydrogen (secondary N) is 1. The van der Waals surface area contributed by atoms with Crippen LogP contribution in [0.3, 0.4) is 0 Å². The molecule has 0 radical (unpaired) electrons. The van der Waals surface area contributed by atoms with Gasteiger partial charge in [0.25, 0.3) is 5.91 Å². The van der Waals surface area contributed by atoms with Gasteiger partial charge in [0, 0.05) is 5.56 Å².